The van der Waals surface area contributed by atoms with Crippen LogP contribution in [0.5, 0.6) is 0 Å². The van der Waals surface area contributed by atoms with Gasteiger partial charge in [0.2, 0.25) is 0 Å². The van der Waals surface area contributed by atoms with E-state index in [4.69, 9.17) is 0 Å². The van der Waals surface area contributed by atoms with Gasteiger partial charge in [0.25, 0.3) is 0 Å². The van der Waals surface area contributed by atoms with Crippen LogP contribution < -0.4 is 0 Å². The highest BCUT2D eigenvalue weighted by molar-refractivity contribution is 5.81. The van der Waals surface area contributed by atoms with E-state index in [2.05, 4.69) is 40.3 Å². The number of rotatable bonds is 1. The molecule has 0 amide bonds. The van der Waals surface area contributed by atoms with E-state index in [1.54, 1.807) is 12.4 Å². The van der Waals surface area contributed by atoms with Gasteiger partial charge in [0.15, 0.2) is 5.82 Å². The van der Waals surface area contributed by atoms with Gasteiger partial charge in [0, 0.05) is 18.0 Å². The average Bonchev–Trinajstić information content (AvgIpc) is 2.74. The molecule has 1 heterocycles. The Morgan fingerprint density at radius 1 is 0.933 bits per heavy atom. The Balaban J connectivity index is 2.11. The maximum Gasteiger partial charge on any atom is 0.159 e. The average molecular weight is 194 g/mol. The third-order valence-electron chi connectivity index (χ3n) is 2.64. The van der Waals surface area contributed by atoms with Gasteiger partial charge >= 0.3 is 0 Å². The van der Waals surface area contributed by atoms with Crippen molar-refractivity contribution in [2.75, 3.05) is 0 Å². The van der Waals surface area contributed by atoms with Crippen LogP contribution in [0, 0.1) is 0 Å². The lowest BCUT2D eigenvalue weighted by Crippen LogP contribution is -1.92. The van der Waals surface area contributed by atoms with Gasteiger partial charge < -0.3 is 0 Å². The van der Waals surface area contributed by atoms with Crippen molar-refractivity contribution >= 4 is 5.57 Å². The van der Waals surface area contributed by atoms with Crippen LogP contribution in [-0.4, -0.2) is 9.97 Å². The maximum absolute atomic E-state index is 4.28. The fraction of sp³-hybridized carbons (Fsp3) is 0.0769. The van der Waals surface area contributed by atoms with Crippen LogP contribution in [0.4, 0.5) is 0 Å². The molecular formula is C13H10N2. The Labute approximate surface area is 88.3 Å². The lowest BCUT2D eigenvalue weighted by molar-refractivity contribution is 1.12. The lowest BCUT2D eigenvalue weighted by Gasteiger charge is -2.03. The third-order valence-corrected chi connectivity index (χ3v) is 2.64. The van der Waals surface area contributed by atoms with Gasteiger partial charge in [-0.05, 0) is 23.6 Å². The highest BCUT2D eigenvalue weighted by Gasteiger charge is 2.15. The number of aromatic nitrogens is 2. The topological polar surface area (TPSA) is 25.8 Å². The summed E-state index contributed by atoms with van der Waals surface area (Å²) in [5.74, 6) is 0.822. The highest BCUT2D eigenvalue weighted by Crippen LogP contribution is 2.30. The molecule has 72 valence electrons. The number of nitrogens with zero attached hydrogens (tertiary/aromatic N) is 2. The Bertz CT molecular complexity index is 515. The third kappa shape index (κ3) is 1.34. The molecule has 0 unspecified atom stereocenters. The zero-order valence-electron chi connectivity index (χ0n) is 8.22. The van der Waals surface area contributed by atoms with E-state index >= 15 is 0 Å². The Hall–Kier alpha value is -1.96. The first kappa shape index (κ1) is 8.36. The van der Waals surface area contributed by atoms with E-state index < -0.39 is 0 Å². The standard InChI is InChI=1S/C13H10N2/c1-2-5-11-10(4-1)6-7-12(11)13-14-8-3-9-15-13/h1-5,7-9H,6H2. The van der Waals surface area contributed by atoms with Gasteiger partial charge in [-0.15, -0.1) is 0 Å². The molecule has 1 aliphatic carbocycles. The van der Waals surface area contributed by atoms with Crippen LogP contribution in [0.2, 0.25) is 0 Å². The lowest BCUT2D eigenvalue weighted by atomic mass is 10.1. The molecule has 0 spiro atoms. The molecule has 0 saturated heterocycles. The summed E-state index contributed by atoms with van der Waals surface area (Å²) in [7, 11) is 0. The normalized spacial score (nSPS) is 13.5. The first-order chi connectivity index (χ1) is 7.45. The number of fused-ring (bicyclic) bond motifs is 1. The van der Waals surface area contributed by atoms with Crippen molar-refractivity contribution < 1.29 is 0 Å². The van der Waals surface area contributed by atoms with Gasteiger partial charge in [0.05, 0.1) is 0 Å². The minimum absolute atomic E-state index is 0.822. The molecule has 0 bridgehead atoms. The molecular weight excluding hydrogens is 184 g/mol. The molecule has 0 N–H and O–H groups in total. The smallest absolute Gasteiger partial charge is 0.159 e. The fourth-order valence-corrected chi connectivity index (χ4v) is 1.93. The van der Waals surface area contributed by atoms with Crippen molar-refractivity contribution in [2.45, 2.75) is 6.42 Å². The summed E-state index contributed by atoms with van der Waals surface area (Å²) >= 11 is 0. The molecule has 3 rings (SSSR count). The predicted octanol–water partition coefficient (Wildman–Crippen LogP) is 2.46. The zero-order valence-corrected chi connectivity index (χ0v) is 8.22. The Morgan fingerprint density at radius 3 is 2.60 bits per heavy atom. The van der Waals surface area contributed by atoms with Crippen molar-refractivity contribution in [3.8, 4) is 0 Å². The monoisotopic (exact) mass is 194 g/mol. The van der Waals surface area contributed by atoms with E-state index in [1.165, 1.54) is 11.1 Å². The van der Waals surface area contributed by atoms with Crippen LogP contribution >= 0.6 is 0 Å². The first-order valence-electron chi connectivity index (χ1n) is 5.01. The van der Waals surface area contributed by atoms with E-state index in [0.717, 1.165) is 17.8 Å². The van der Waals surface area contributed by atoms with Crippen LogP contribution in [-0.2, 0) is 6.42 Å². The summed E-state index contributed by atoms with van der Waals surface area (Å²) in [4.78, 5) is 8.56. The van der Waals surface area contributed by atoms with Crippen molar-refractivity contribution in [3.63, 3.8) is 0 Å². The molecule has 0 radical (unpaired) electrons. The summed E-state index contributed by atoms with van der Waals surface area (Å²) in [5, 5.41) is 0. The summed E-state index contributed by atoms with van der Waals surface area (Å²) in [5.41, 5.74) is 3.79. The quantitative estimate of drug-likeness (QED) is 0.697. The molecule has 1 aromatic heterocycles. The predicted molar refractivity (Wildman–Crippen MR) is 59.3 cm³/mol. The summed E-state index contributed by atoms with van der Waals surface area (Å²) in [6.45, 7) is 0. The minimum atomic E-state index is 0.822. The summed E-state index contributed by atoms with van der Waals surface area (Å²) < 4.78 is 0. The van der Waals surface area contributed by atoms with Crippen LogP contribution in [0.1, 0.15) is 17.0 Å². The maximum atomic E-state index is 4.28. The molecule has 0 saturated carbocycles. The molecule has 2 aromatic rings. The van der Waals surface area contributed by atoms with Crippen molar-refractivity contribution in [3.05, 3.63) is 65.8 Å². The first-order valence-corrected chi connectivity index (χ1v) is 5.01. The Kier molecular flexibility index (Phi) is 1.85. The van der Waals surface area contributed by atoms with Crippen molar-refractivity contribution in [2.24, 2.45) is 0 Å². The highest BCUT2D eigenvalue weighted by atomic mass is 14.9. The second-order valence-electron chi connectivity index (χ2n) is 3.55. The van der Waals surface area contributed by atoms with Gasteiger partial charge in [0.1, 0.15) is 0 Å². The molecule has 2 heteroatoms. The number of allylic oxidation sites excluding steroid dienone is 1. The van der Waals surface area contributed by atoms with Crippen LogP contribution in [0.3, 0.4) is 0 Å². The van der Waals surface area contributed by atoms with Crippen molar-refractivity contribution in [1.29, 1.82) is 0 Å². The molecule has 15 heavy (non-hydrogen) atoms. The summed E-state index contributed by atoms with van der Waals surface area (Å²) in [6.07, 6.45) is 6.75. The minimum Gasteiger partial charge on any atom is -0.237 e. The molecule has 0 fully saturated rings. The van der Waals surface area contributed by atoms with Gasteiger partial charge in [-0.1, -0.05) is 30.3 Å². The molecule has 1 aliphatic rings. The SMILES string of the molecule is C1=C(c2ncccn2)c2ccccc2C1. The largest absolute Gasteiger partial charge is 0.237 e. The second-order valence-corrected chi connectivity index (χ2v) is 3.55. The van der Waals surface area contributed by atoms with Crippen molar-refractivity contribution in [1.82, 2.24) is 9.97 Å². The van der Waals surface area contributed by atoms with Gasteiger partial charge in [-0.2, -0.15) is 0 Å². The molecule has 1 aromatic carbocycles. The Morgan fingerprint density at radius 2 is 1.73 bits per heavy atom. The van der Waals surface area contributed by atoms with E-state index in [0.29, 0.717) is 0 Å². The van der Waals surface area contributed by atoms with E-state index in [9.17, 15) is 0 Å². The molecule has 0 aliphatic heterocycles. The summed E-state index contributed by atoms with van der Waals surface area (Å²) in [6, 6.07) is 10.2. The number of hydrogen-bond donors (Lipinski definition) is 0. The van der Waals surface area contributed by atoms with E-state index in [1.807, 2.05) is 6.07 Å². The van der Waals surface area contributed by atoms with Crippen LogP contribution in [0.15, 0.2) is 48.8 Å². The number of hydrogen-bond acceptors (Lipinski definition) is 2. The van der Waals surface area contributed by atoms with Gasteiger partial charge in [-0.3, -0.25) is 0 Å². The van der Waals surface area contributed by atoms with Gasteiger partial charge in [-0.25, -0.2) is 9.97 Å². The van der Waals surface area contributed by atoms with E-state index in [-0.39, 0.29) is 0 Å². The second kappa shape index (κ2) is 3.31. The zero-order chi connectivity index (χ0) is 10.1. The fourth-order valence-electron chi connectivity index (χ4n) is 1.93. The molecule has 0 atom stereocenters. The molecule has 2 nitrogen and oxygen atoms in total. The van der Waals surface area contributed by atoms with Crippen LogP contribution in [0.25, 0.3) is 5.57 Å². The number of benzene rings is 1.